The fraction of sp³-hybridized carbons (Fsp3) is 0.217. The molecule has 0 aliphatic carbocycles. The van der Waals surface area contributed by atoms with Gasteiger partial charge in [0.1, 0.15) is 0 Å². The van der Waals surface area contributed by atoms with Crippen LogP contribution in [0.4, 0.5) is 18.9 Å². The van der Waals surface area contributed by atoms with E-state index in [2.05, 4.69) is 10.3 Å². The smallest absolute Gasteiger partial charge is 0.368 e. The summed E-state index contributed by atoms with van der Waals surface area (Å²) in [6, 6.07) is 12.1. The average molecular weight is 459 g/mol. The van der Waals surface area contributed by atoms with Crippen LogP contribution in [0.15, 0.2) is 59.5 Å². The summed E-state index contributed by atoms with van der Waals surface area (Å²) in [6.07, 6.45) is -2.97. The highest BCUT2D eigenvalue weighted by molar-refractivity contribution is 6.31. The zero-order chi connectivity index (χ0) is 22.5. The van der Waals surface area contributed by atoms with E-state index in [0.717, 1.165) is 6.07 Å². The van der Waals surface area contributed by atoms with E-state index in [9.17, 15) is 18.0 Å². The summed E-state index contributed by atoms with van der Waals surface area (Å²) in [5.74, 6) is 0. The molecular formula is C23H18ClF3N4O. The van der Waals surface area contributed by atoms with Crippen LogP contribution in [0.5, 0.6) is 0 Å². The Balaban J connectivity index is 1.79. The van der Waals surface area contributed by atoms with Crippen LogP contribution in [-0.2, 0) is 6.18 Å². The third-order valence-electron chi connectivity index (χ3n) is 5.68. The van der Waals surface area contributed by atoms with Crippen molar-refractivity contribution in [2.24, 2.45) is 0 Å². The normalized spacial score (nSPS) is 14.9. The van der Waals surface area contributed by atoms with Crippen LogP contribution in [0, 0.1) is 0 Å². The van der Waals surface area contributed by atoms with Crippen molar-refractivity contribution in [1.82, 2.24) is 14.9 Å². The Hall–Kier alpha value is -3.10. The van der Waals surface area contributed by atoms with Gasteiger partial charge >= 0.3 is 6.18 Å². The molecule has 0 unspecified atom stereocenters. The topological polar surface area (TPSA) is 50.2 Å². The molecule has 1 N–H and O–H groups in total. The number of piperazine rings is 1. The van der Waals surface area contributed by atoms with Gasteiger partial charge in [-0.15, -0.1) is 0 Å². The number of nitrogens with one attached hydrogen (secondary N) is 1. The first-order valence-corrected chi connectivity index (χ1v) is 10.5. The van der Waals surface area contributed by atoms with Crippen molar-refractivity contribution in [3.8, 4) is 5.69 Å². The Bertz CT molecular complexity index is 1390. The van der Waals surface area contributed by atoms with Crippen molar-refractivity contribution in [3.05, 3.63) is 75.7 Å². The summed E-state index contributed by atoms with van der Waals surface area (Å²) in [4.78, 5) is 19.0. The third-order valence-corrected chi connectivity index (χ3v) is 5.92. The maximum absolute atomic E-state index is 14.1. The second-order valence-corrected chi connectivity index (χ2v) is 8.10. The lowest BCUT2D eigenvalue weighted by Gasteiger charge is -2.32. The molecule has 0 bridgehead atoms. The van der Waals surface area contributed by atoms with Gasteiger partial charge in [-0.1, -0.05) is 11.6 Å². The third kappa shape index (κ3) is 3.59. The molecule has 4 aromatic rings. The van der Waals surface area contributed by atoms with Crippen molar-refractivity contribution in [3.63, 3.8) is 0 Å². The van der Waals surface area contributed by atoms with Crippen molar-refractivity contribution in [1.29, 1.82) is 0 Å². The second-order valence-electron chi connectivity index (χ2n) is 7.67. The number of alkyl halides is 3. The molecule has 5 nitrogen and oxygen atoms in total. The van der Waals surface area contributed by atoms with Crippen molar-refractivity contribution >= 4 is 39.1 Å². The van der Waals surface area contributed by atoms with Gasteiger partial charge in [0.2, 0.25) is 0 Å². The number of anilines is 1. The van der Waals surface area contributed by atoms with Crippen LogP contribution in [-0.4, -0.2) is 35.7 Å². The lowest BCUT2D eigenvalue weighted by Crippen LogP contribution is -2.44. The van der Waals surface area contributed by atoms with Gasteiger partial charge < -0.3 is 10.2 Å². The number of hydrogen-bond acceptors (Lipinski definition) is 4. The summed E-state index contributed by atoms with van der Waals surface area (Å²) in [6.45, 7) is 2.18. The molecule has 0 amide bonds. The molecule has 2 aromatic carbocycles. The maximum Gasteiger partial charge on any atom is 0.418 e. The number of pyridine rings is 2. The minimum Gasteiger partial charge on any atom is -0.368 e. The summed E-state index contributed by atoms with van der Waals surface area (Å²) in [5, 5.41) is 4.80. The number of halogens is 4. The predicted molar refractivity (Wildman–Crippen MR) is 120 cm³/mol. The SMILES string of the molecule is O=c1ccc2cnc3ccc(Cl)cc3c2n1-c1ccc(N2CCNCC2)c(C(F)(F)F)c1. The standard InChI is InChI=1S/C23H18ClF3N4O/c24-15-2-4-19-17(11-15)22-14(13-29-19)1-6-21(32)31(22)16-3-5-20(18(12-16)23(25,26)27)30-9-7-28-8-10-30/h1-6,11-13,28H,7-10H2. The van der Waals surface area contributed by atoms with Crippen LogP contribution < -0.4 is 15.8 Å². The summed E-state index contributed by atoms with van der Waals surface area (Å²) in [5.41, 5.74) is 0.109. The molecule has 9 heteroatoms. The lowest BCUT2D eigenvalue weighted by atomic mass is 10.1. The maximum atomic E-state index is 14.1. The van der Waals surface area contributed by atoms with Crippen LogP contribution in [0.1, 0.15) is 5.56 Å². The molecule has 1 saturated heterocycles. The van der Waals surface area contributed by atoms with E-state index in [1.54, 1.807) is 41.4 Å². The van der Waals surface area contributed by atoms with E-state index in [4.69, 9.17) is 11.6 Å². The largest absolute Gasteiger partial charge is 0.418 e. The summed E-state index contributed by atoms with van der Waals surface area (Å²) in [7, 11) is 0. The van der Waals surface area contributed by atoms with Crippen molar-refractivity contribution in [2.45, 2.75) is 6.18 Å². The van der Waals surface area contributed by atoms with Gasteiger partial charge in [0, 0.05) is 59.9 Å². The Morgan fingerprint density at radius 2 is 1.78 bits per heavy atom. The molecule has 0 atom stereocenters. The molecule has 5 rings (SSSR count). The number of aromatic nitrogens is 2. The Labute approximate surface area is 186 Å². The van der Waals surface area contributed by atoms with Crippen LogP contribution in [0.3, 0.4) is 0 Å². The first-order valence-electron chi connectivity index (χ1n) is 10.1. The molecule has 164 valence electrons. The molecule has 0 saturated carbocycles. The quantitative estimate of drug-likeness (QED) is 0.445. The van der Waals surface area contributed by atoms with E-state index in [0.29, 0.717) is 53.0 Å². The van der Waals surface area contributed by atoms with Gasteiger partial charge in [-0.2, -0.15) is 13.2 Å². The zero-order valence-electron chi connectivity index (χ0n) is 16.8. The molecule has 3 heterocycles. The van der Waals surface area contributed by atoms with Gasteiger partial charge in [0.05, 0.1) is 22.3 Å². The predicted octanol–water partition coefficient (Wildman–Crippen LogP) is 4.62. The number of nitrogens with zero attached hydrogens (tertiary/aromatic N) is 3. The zero-order valence-corrected chi connectivity index (χ0v) is 17.5. The first-order chi connectivity index (χ1) is 15.3. The molecule has 1 fully saturated rings. The van der Waals surface area contributed by atoms with E-state index in [1.165, 1.54) is 16.7 Å². The first kappa shape index (κ1) is 20.8. The Kier molecular flexibility index (Phi) is 5.06. The van der Waals surface area contributed by atoms with Crippen LogP contribution in [0.2, 0.25) is 5.02 Å². The second kappa shape index (κ2) is 7.79. The molecule has 0 radical (unpaired) electrons. The average Bonchev–Trinajstić information content (AvgIpc) is 2.78. The van der Waals surface area contributed by atoms with Crippen LogP contribution >= 0.6 is 11.6 Å². The molecule has 1 aliphatic rings. The molecule has 0 spiro atoms. The highest BCUT2D eigenvalue weighted by Crippen LogP contribution is 2.38. The summed E-state index contributed by atoms with van der Waals surface area (Å²) < 4.78 is 43.5. The van der Waals surface area contributed by atoms with E-state index < -0.39 is 17.3 Å². The summed E-state index contributed by atoms with van der Waals surface area (Å²) >= 11 is 6.17. The van der Waals surface area contributed by atoms with Crippen molar-refractivity contribution in [2.75, 3.05) is 31.1 Å². The molecule has 1 aliphatic heterocycles. The Morgan fingerprint density at radius 1 is 1.00 bits per heavy atom. The highest BCUT2D eigenvalue weighted by atomic mass is 35.5. The lowest BCUT2D eigenvalue weighted by molar-refractivity contribution is -0.137. The number of fused-ring (bicyclic) bond motifs is 3. The fourth-order valence-electron chi connectivity index (χ4n) is 4.21. The van der Waals surface area contributed by atoms with E-state index >= 15 is 0 Å². The number of benzene rings is 2. The van der Waals surface area contributed by atoms with E-state index in [-0.39, 0.29) is 11.4 Å². The monoisotopic (exact) mass is 458 g/mol. The molecular weight excluding hydrogens is 441 g/mol. The van der Waals surface area contributed by atoms with Gasteiger partial charge in [-0.3, -0.25) is 14.3 Å². The minimum atomic E-state index is -4.57. The van der Waals surface area contributed by atoms with E-state index in [1.807, 2.05) is 0 Å². The Morgan fingerprint density at radius 3 is 2.53 bits per heavy atom. The number of hydrogen-bond donors (Lipinski definition) is 1. The highest BCUT2D eigenvalue weighted by Gasteiger charge is 2.35. The van der Waals surface area contributed by atoms with Gasteiger partial charge in [-0.25, -0.2) is 0 Å². The van der Waals surface area contributed by atoms with Gasteiger partial charge in [0.15, 0.2) is 0 Å². The minimum absolute atomic E-state index is 0.116. The fourth-order valence-corrected chi connectivity index (χ4v) is 4.38. The number of rotatable bonds is 2. The molecule has 2 aromatic heterocycles. The van der Waals surface area contributed by atoms with Gasteiger partial charge in [-0.05, 0) is 42.5 Å². The van der Waals surface area contributed by atoms with Crippen LogP contribution in [0.25, 0.3) is 27.5 Å². The molecule has 32 heavy (non-hydrogen) atoms. The van der Waals surface area contributed by atoms with Gasteiger partial charge in [0.25, 0.3) is 5.56 Å². The van der Waals surface area contributed by atoms with Crippen molar-refractivity contribution < 1.29 is 13.2 Å².